The molecule has 0 aromatic carbocycles. The van der Waals surface area contributed by atoms with Crippen LogP contribution in [-0.4, -0.2) is 69.3 Å². The number of carbonyl (C=O) groups excluding carboxylic acids is 1. The summed E-state index contributed by atoms with van der Waals surface area (Å²) in [5, 5.41) is 2.59. The van der Waals surface area contributed by atoms with Crippen LogP contribution in [0.4, 0.5) is 0 Å². The van der Waals surface area contributed by atoms with Gasteiger partial charge in [-0.1, -0.05) is 26.2 Å². The van der Waals surface area contributed by atoms with Crippen LogP contribution in [0.3, 0.4) is 0 Å². The van der Waals surface area contributed by atoms with Crippen LogP contribution < -0.4 is 10.2 Å². The molecular weight excluding hydrogens is 351 g/mol. The summed E-state index contributed by atoms with van der Waals surface area (Å²) in [6.45, 7) is 2.69. The third-order valence-electron chi connectivity index (χ3n) is 3.21. The van der Waals surface area contributed by atoms with E-state index in [1.165, 1.54) is 19.3 Å². The third-order valence-corrected chi connectivity index (χ3v) is 5.39. The van der Waals surface area contributed by atoms with Gasteiger partial charge in [-0.05, 0) is 12.2 Å². The molecule has 0 aromatic heterocycles. The highest BCUT2D eigenvalue weighted by atomic mass is 32.2. The van der Waals surface area contributed by atoms with Gasteiger partial charge in [-0.15, -0.1) is 0 Å². The maximum atomic E-state index is 11.7. The van der Waals surface area contributed by atoms with E-state index in [9.17, 15) is 14.3 Å². The van der Waals surface area contributed by atoms with Crippen LogP contribution in [0.5, 0.6) is 0 Å². The molecule has 0 rings (SSSR count). The number of quaternary nitrogens is 1. The standard InChI is InChI=1S/C15H33N2O5PS/c1-5-6-7-8-11-24-13-15(16-14-18)12-22-23(19,20)21-10-9-17(2,3)4/h14-15H,5-13H2,1-4H3,(H-,16,18,19,20)/t15-/m0/s1. The summed E-state index contributed by atoms with van der Waals surface area (Å²) in [6, 6.07) is -0.344. The van der Waals surface area contributed by atoms with Gasteiger partial charge >= 0.3 is 0 Å². The molecule has 0 spiro atoms. The predicted molar refractivity (Wildman–Crippen MR) is 96.9 cm³/mol. The average molecular weight is 384 g/mol. The van der Waals surface area contributed by atoms with Crippen molar-refractivity contribution in [3.05, 3.63) is 0 Å². The molecule has 0 bridgehead atoms. The number of phosphoric ester groups is 1. The van der Waals surface area contributed by atoms with Crippen molar-refractivity contribution in [1.82, 2.24) is 5.32 Å². The lowest BCUT2D eigenvalue weighted by molar-refractivity contribution is -0.870. The summed E-state index contributed by atoms with van der Waals surface area (Å²) in [6.07, 6.45) is 5.31. The largest absolute Gasteiger partial charge is 0.756 e. The second-order valence-corrected chi connectivity index (χ2v) is 9.27. The summed E-state index contributed by atoms with van der Waals surface area (Å²) in [7, 11) is 1.50. The van der Waals surface area contributed by atoms with Crippen molar-refractivity contribution < 1.29 is 27.8 Å². The van der Waals surface area contributed by atoms with Crippen LogP contribution >= 0.6 is 19.6 Å². The van der Waals surface area contributed by atoms with Gasteiger partial charge in [0.05, 0.1) is 33.8 Å². The van der Waals surface area contributed by atoms with Gasteiger partial charge in [-0.3, -0.25) is 9.36 Å². The van der Waals surface area contributed by atoms with Gasteiger partial charge < -0.3 is 23.7 Å². The predicted octanol–water partition coefficient (Wildman–Crippen LogP) is 1.62. The Morgan fingerprint density at radius 1 is 1.25 bits per heavy atom. The van der Waals surface area contributed by atoms with E-state index >= 15 is 0 Å². The number of thioether (sulfide) groups is 1. The van der Waals surface area contributed by atoms with Gasteiger partial charge in [-0.2, -0.15) is 11.8 Å². The van der Waals surface area contributed by atoms with E-state index in [4.69, 9.17) is 9.05 Å². The summed E-state index contributed by atoms with van der Waals surface area (Å²) >= 11 is 1.69. The second-order valence-electron chi connectivity index (χ2n) is 6.71. The molecule has 1 amide bonds. The molecule has 0 aromatic rings. The van der Waals surface area contributed by atoms with Crippen LogP contribution in [-0.2, 0) is 18.4 Å². The van der Waals surface area contributed by atoms with Gasteiger partial charge in [-0.25, -0.2) is 0 Å². The number of likely N-dealkylation sites (N-methyl/N-ethyl adjacent to an activating group) is 1. The molecular formula is C15H33N2O5PS. The second kappa shape index (κ2) is 13.1. The molecule has 0 aliphatic carbocycles. The fraction of sp³-hybridized carbons (Fsp3) is 0.933. The minimum Gasteiger partial charge on any atom is -0.756 e. The molecule has 24 heavy (non-hydrogen) atoms. The molecule has 0 heterocycles. The lowest BCUT2D eigenvalue weighted by atomic mass is 10.2. The zero-order valence-corrected chi connectivity index (χ0v) is 17.1. The molecule has 0 aliphatic heterocycles. The van der Waals surface area contributed by atoms with E-state index in [-0.39, 0.29) is 19.3 Å². The van der Waals surface area contributed by atoms with Crippen molar-refractivity contribution in [2.24, 2.45) is 0 Å². The minimum atomic E-state index is -4.34. The van der Waals surface area contributed by atoms with Crippen molar-refractivity contribution in [2.75, 3.05) is 52.4 Å². The quantitative estimate of drug-likeness (QED) is 0.188. The first-order valence-corrected chi connectivity index (χ1v) is 11.0. The monoisotopic (exact) mass is 384 g/mol. The Kier molecular flexibility index (Phi) is 13.1. The maximum Gasteiger partial charge on any atom is 0.268 e. The molecule has 144 valence electrons. The molecule has 0 radical (unpaired) electrons. The van der Waals surface area contributed by atoms with Gasteiger partial charge in [0.15, 0.2) is 0 Å². The smallest absolute Gasteiger partial charge is 0.268 e. The van der Waals surface area contributed by atoms with Crippen molar-refractivity contribution in [3.63, 3.8) is 0 Å². The number of nitrogens with zero attached hydrogens (tertiary/aromatic N) is 1. The highest BCUT2D eigenvalue weighted by Gasteiger charge is 2.16. The first-order valence-electron chi connectivity index (χ1n) is 8.38. The van der Waals surface area contributed by atoms with Crippen LogP contribution in [0.15, 0.2) is 0 Å². The van der Waals surface area contributed by atoms with Crippen molar-refractivity contribution in [3.8, 4) is 0 Å². The number of phosphoric acid groups is 1. The van der Waals surface area contributed by atoms with Gasteiger partial charge in [0, 0.05) is 5.75 Å². The van der Waals surface area contributed by atoms with Crippen LogP contribution in [0.2, 0.25) is 0 Å². The number of carbonyl (C=O) groups is 1. The lowest BCUT2D eigenvalue weighted by Gasteiger charge is -2.28. The maximum absolute atomic E-state index is 11.7. The zero-order valence-electron chi connectivity index (χ0n) is 15.4. The van der Waals surface area contributed by atoms with Crippen molar-refractivity contribution in [2.45, 2.75) is 38.6 Å². The topological polar surface area (TPSA) is 87.7 Å². The lowest BCUT2D eigenvalue weighted by Crippen LogP contribution is -2.38. The van der Waals surface area contributed by atoms with Crippen LogP contribution in [0, 0.1) is 0 Å². The molecule has 0 saturated heterocycles. The Balaban J connectivity index is 4.03. The first kappa shape index (κ1) is 23.9. The number of hydrogen-bond acceptors (Lipinski definition) is 6. The SMILES string of the molecule is CCCCCCSC[C@H](COP(=O)([O-])OCC[N+](C)(C)C)NC=O. The highest BCUT2D eigenvalue weighted by molar-refractivity contribution is 7.99. The normalized spacial score (nSPS) is 15.7. The fourth-order valence-corrected chi connectivity index (χ4v) is 3.54. The summed E-state index contributed by atoms with van der Waals surface area (Å²) < 4.78 is 22.1. The number of amides is 1. The molecule has 2 atom stereocenters. The molecule has 1 unspecified atom stereocenters. The Bertz CT molecular complexity index is 379. The Morgan fingerprint density at radius 2 is 1.96 bits per heavy atom. The fourth-order valence-electron chi connectivity index (χ4n) is 1.74. The Morgan fingerprint density at radius 3 is 2.54 bits per heavy atom. The van der Waals surface area contributed by atoms with Crippen LogP contribution in [0.25, 0.3) is 0 Å². The summed E-state index contributed by atoms with van der Waals surface area (Å²) in [4.78, 5) is 22.4. The number of unbranched alkanes of at least 4 members (excludes halogenated alkanes) is 3. The molecule has 9 heteroatoms. The van der Waals surface area contributed by atoms with E-state index < -0.39 is 7.82 Å². The van der Waals surface area contributed by atoms with E-state index in [1.54, 1.807) is 11.8 Å². The molecule has 7 nitrogen and oxygen atoms in total. The van der Waals surface area contributed by atoms with Crippen molar-refractivity contribution >= 4 is 26.0 Å². The van der Waals surface area contributed by atoms with E-state index in [0.717, 1.165) is 12.2 Å². The molecule has 0 fully saturated rings. The minimum absolute atomic E-state index is 0.0717. The average Bonchev–Trinajstić information content (AvgIpc) is 2.46. The number of hydrogen-bond donors (Lipinski definition) is 1. The Labute approximate surface area is 150 Å². The molecule has 0 saturated carbocycles. The van der Waals surface area contributed by atoms with Crippen molar-refractivity contribution in [1.29, 1.82) is 0 Å². The highest BCUT2D eigenvalue weighted by Crippen LogP contribution is 2.38. The molecule has 0 aliphatic rings. The summed E-state index contributed by atoms with van der Waals surface area (Å²) in [5.74, 6) is 1.61. The van der Waals surface area contributed by atoms with Crippen LogP contribution in [0.1, 0.15) is 32.6 Å². The number of rotatable bonds is 16. The first-order chi connectivity index (χ1) is 11.2. The zero-order chi connectivity index (χ0) is 18.5. The number of nitrogens with one attached hydrogen (secondary N) is 1. The van der Waals surface area contributed by atoms with E-state index in [0.29, 0.717) is 23.2 Å². The van der Waals surface area contributed by atoms with Gasteiger partial charge in [0.1, 0.15) is 13.2 Å². The van der Waals surface area contributed by atoms with E-state index in [1.807, 2.05) is 21.1 Å². The van der Waals surface area contributed by atoms with E-state index in [2.05, 4.69) is 12.2 Å². The van der Waals surface area contributed by atoms with Gasteiger partial charge in [0.25, 0.3) is 7.82 Å². The Hall–Kier alpha value is -0.110. The summed E-state index contributed by atoms with van der Waals surface area (Å²) in [5.41, 5.74) is 0. The third kappa shape index (κ3) is 15.4. The molecule has 1 N–H and O–H groups in total. The van der Waals surface area contributed by atoms with Gasteiger partial charge in [0.2, 0.25) is 6.41 Å².